The Hall–Kier alpha value is -2.08. The Bertz CT molecular complexity index is 694. The van der Waals surface area contributed by atoms with Crippen molar-refractivity contribution < 1.29 is 19.1 Å². The van der Waals surface area contributed by atoms with Crippen LogP contribution in [-0.2, 0) is 14.3 Å². The number of hydrogen-bond donors (Lipinski definition) is 1. The summed E-state index contributed by atoms with van der Waals surface area (Å²) < 4.78 is 11.0. The zero-order chi connectivity index (χ0) is 18.3. The van der Waals surface area contributed by atoms with E-state index in [1.165, 1.54) is 0 Å². The molecule has 1 aliphatic heterocycles. The fraction of sp³-hybridized carbons (Fsp3) is 0.600. The van der Waals surface area contributed by atoms with E-state index in [1.807, 2.05) is 29.2 Å². The molecule has 6 heteroatoms. The van der Waals surface area contributed by atoms with Crippen LogP contribution in [0, 0.1) is 0 Å². The first kappa shape index (κ1) is 17.3. The largest absolute Gasteiger partial charge is 0.497 e. The summed E-state index contributed by atoms with van der Waals surface area (Å²) in [4.78, 5) is 27.4. The van der Waals surface area contributed by atoms with E-state index in [2.05, 4.69) is 12.2 Å². The summed E-state index contributed by atoms with van der Waals surface area (Å²) in [7, 11) is 1.62. The van der Waals surface area contributed by atoms with Gasteiger partial charge in [0, 0.05) is 11.6 Å². The second-order valence-corrected chi connectivity index (χ2v) is 7.89. The maximum Gasteiger partial charge on any atom is 0.252 e. The average Bonchev–Trinajstić information content (AvgIpc) is 3.45. The Morgan fingerprint density at radius 1 is 1.27 bits per heavy atom. The third-order valence-corrected chi connectivity index (χ3v) is 5.80. The maximum absolute atomic E-state index is 13.0. The molecule has 26 heavy (non-hydrogen) atoms. The minimum atomic E-state index is -0.681. The van der Waals surface area contributed by atoms with Gasteiger partial charge in [0.05, 0.1) is 13.2 Å². The maximum atomic E-state index is 13.0. The van der Waals surface area contributed by atoms with Gasteiger partial charge in [-0.1, -0.05) is 12.1 Å². The highest BCUT2D eigenvalue weighted by Crippen LogP contribution is 2.40. The summed E-state index contributed by atoms with van der Waals surface area (Å²) in [6.07, 6.45) is 4.42. The fourth-order valence-electron chi connectivity index (χ4n) is 3.97. The van der Waals surface area contributed by atoms with Gasteiger partial charge < -0.3 is 19.7 Å². The van der Waals surface area contributed by atoms with E-state index in [9.17, 15) is 9.59 Å². The Morgan fingerprint density at radius 2 is 1.96 bits per heavy atom. The van der Waals surface area contributed by atoms with Gasteiger partial charge in [-0.15, -0.1) is 0 Å². The predicted octanol–water partition coefficient (Wildman–Crippen LogP) is 2.18. The molecule has 6 nitrogen and oxygen atoms in total. The lowest BCUT2D eigenvalue weighted by molar-refractivity contribution is -0.166. The lowest BCUT2D eigenvalue weighted by Gasteiger charge is -2.44. The number of hydrogen-bond acceptors (Lipinski definition) is 4. The van der Waals surface area contributed by atoms with Crippen molar-refractivity contribution >= 4 is 11.8 Å². The van der Waals surface area contributed by atoms with Crippen molar-refractivity contribution in [3.63, 3.8) is 0 Å². The smallest absolute Gasteiger partial charge is 0.252 e. The van der Waals surface area contributed by atoms with Crippen LogP contribution in [0.4, 0.5) is 0 Å². The van der Waals surface area contributed by atoms with Gasteiger partial charge in [0.1, 0.15) is 12.4 Å². The van der Waals surface area contributed by atoms with E-state index in [0.29, 0.717) is 0 Å². The highest BCUT2D eigenvalue weighted by Gasteiger charge is 2.48. The molecule has 0 bridgehead atoms. The van der Waals surface area contributed by atoms with Crippen molar-refractivity contribution in [2.45, 2.75) is 62.8 Å². The van der Waals surface area contributed by atoms with Gasteiger partial charge >= 0.3 is 0 Å². The number of nitrogens with one attached hydrogen (secondary N) is 1. The highest BCUT2D eigenvalue weighted by atomic mass is 16.5. The van der Waals surface area contributed by atoms with Crippen molar-refractivity contribution in [3.05, 3.63) is 29.8 Å². The van der Waals surface area contributed by atoms with Crippen LogP contribution >= 0.6 is 0 Å². The molecule has 0 aromatic heterocycles. The van der Waals surface area contributed by atoms with Crippen LogP contribution in [0.1, 0.15) is 50.6 Å². The van der Waals surface area contributed by atoms with E-state index < -0.39 is 12.1 Å². The molecule has 2 atom stereocenters. The highest BCUT2D eigenvalue weighted by molar-refractivity contribution is 5.87. The number of nitrogens with zero attached hydrogens (tertiary/aromatic N) is 1. The molecular weight excluding hydrogens is 332 g/mol. The van der Waals surface area contributed by atoms with E-state index in [0.717, 1.165) is 43.4 Å². The van der Waals surface area contributed by atoms with Gasteiger partial charge in [-0.3, -0.25) is 9.59 Å². The Balaban J connectivity index is 1.63. The van der Waals surface area contributed by atoms with Gasteiger partial charge in [-0.2, -0.15) is 0 Å². The van der Waals surface area contributed by atoms with Crippen molar-refractivity contribution in [1.29, 1.82) is 0 Å². The average molecular weight is 358 g/mol. The molecule has 2 unspecified atom stereocenters. The molecule has 3 aliphatic rings. The van der Waals surface area contributed by atoms with Crippen LogP contribution < -0.4 is 10.1 Å². The zero-order valence-electron chi connectivity index (χ0n) is 15.4. The summed E-state index contributed by atoms with van der Waals surface area (Å²) in [5.74, 6) is 0.594. The van der Waals surface area contributed by atoms with Crippen LogP contribution in [0.2, 0.25) is 0 Å². The van der Waals surface area contributed by atoms with Gasteiger partial charge in [-0.05, 0) is 56.7 Å². The van der Waals surface area contributed by atoms with Crippen LogP contribution in [0.3, 0.4) is 0 Å². The minimum Gasteiger partial charge on any atom is -0.497 e. The topological polar surface area (TPSA) is 67.9 Å². The molecule has 1 heterocycles. The lowest BCUT2D eigenvalue weighted by Crippen LogP contribution is -2.59. The molecule has 1 aromatic rings. The van der Waals surface area contributed by atoms with Crippen LogP contribution in [0.5, 0.6) is 5.75 Å². The monoisotopic (exact) mass is 358 g/mol. The SMILES string of the molecule is COc1ccc(C2C(C(=O)NC3(C)CCC3)OCC(=O)N2C2CC2)cc1. The molecule has 1 N–H and O–H groups in total. The summed E-state index contributed by atoms with van der Waals surface area (Å²) in [5, 5.41) is 3.15. The predicted molar refractivity (Wildman–Crippen MR) is 95.7 cm³/mol. The standard InChI is InChI=1S/C20H26N2O4/c1-20(10-3-11-20)21-19(24)18-17(13-4-8-15(25-2)9-5-13)22(14-6-7-14)16(23)12-26-18/h4-5,8-9,14,17-18H,3,6-7,10-12H2,1-2H3,(H,21,24). The molecule has 140 valence electrons. The van der Waals surface area contributed by atoms with Crippen LogP contribution in [-0.4, -0.2) is 48.1 Å². The molecule has 2 amide bonds. The number of carbonyl (C=O) groups excluding carboxylic acids is 2. The summed E-state index contributed by atoms with van der Waals surface area (Å²) >= 11 is 0. The van der Waals surface area contributed by atoms with Crippen molar-refractivity contribution in [1.82, 2.24) is 10.2 Å². The first-order valence-electron chi connectivity index (χ1n) is 9.39. The first-order valence-corrected chi connectivity index (χ1v) is 9.39. The molecule has 0 radical (unpaired) electrons. The number of morpholine rings is 1. The van der Waals surface area contributed by atoms with Crippen molar-refractivity contribution in [2.75, 3.05) is 13.7 Å². The molecule has 3 fully saturated rings. The normalized spacial score (nSPS) is 27.6. The lowest BCUT2D eigenvalue weighted by atomic mass is 9.78. The molecule has 1 saturated heterocycles. The van der Waals surface area contributed by atoms with Crippen LogP contribution in [0.15, 0.2) is 24.3 Å². The van der Waals surface area contributed by atoms with E-state index >= 15 is 0 Å². The molecule has 1 aromatic carbocycles. The molecule has 2 aliphatic carbocycles. The number of methoxy groups -OCH3 is 1. The first-order chi connectivity index (χ1) is 12.5. The van der Waals surface area contributed by atoms with Gasteiger partial charge in [0.25, 0.3) is 5.91 Å². The van der Waals surface area contributed by atoms with Gasteiger partial charge in [0.15, 0.2) is 6.10 Å². The summed E-state index contributed by atoms with van der Waals surface area (Å²) in [6, 6.07) is 7.40. The van der Waals surface area contributed by atoms with Crippen LogP contribution in [0.25, 0.3) is 0 Å². The number of ether oxygens (including phenoxy) is 2. The quantitative estimate of drug-likeness (QED) is 0.876. The van der Waals surface area contributed by atoms with Crippen molar-refractivity contribution in [2.24, 2.45) is 0 Å². The number of rotatable bonds is 5. The van der Waals surface area contributed by atoms with Crippen molar-refractivity contribution in [3.8, 4) is 5.75 Å². The Kier molecular flexibility index (Phi) is 4.39. The molecule has 2 saturated carbocycles. The minimum absolute atomic E-state index is 0.0298. The second kappa shape index (κ2) is 6.58. The number of carbonyl (C=O) groups is 2. The third-order valence-electron chi connectivity index (χ3n) is 5.80. The molecule has 0 spiro atoms. The van der Waals surface area contributed by atoms with E-state index in [4.69, 9.17) is 9.47 Å². The van der Waals surface area contributed by atoms with E-state index in [1.54, 1.807) is 7.11 Å². The number of benzene rings is 1. The fourth-order valence-corrected chi connectivity index (χ4v) is 3.97. The van der Waals surface area contributed by atoms with Gasteiger partial charge in [0.2, 0.25) is 5.91 Å². The number of amides is 2. The second-order valence-electron chi connectivity index (χ2n) is 7.89. The zero-order valence-corrected chi connectivity index (χ0v) is 15.4. The van der Waals surface area contributed by atoms with E-state index in [-0.39, 0.29) is 30.0 Å². The Morgan fingerprint density at radius 3 is 2.50 bits per heavy atom. The third kappa shape index (κ3) is 3.18. The molecular formula is C20H26N2O4. The van der Waals surface area contributed by atoms with Gasteiger partial charge in [-0.25, -0.2) is 0 Å². The molecule has 4 rings (SSSR count). The summed E-state index contributed by atoms with van der Waals surface area (Å²) in [6.45, 7) is 2.04. The Labute approximate surface area is 153 Å². The summed E-state index contributed by atoms with van der Waals surface area (Å²) in [5.41, 5.74) is 0.765.